The monoisotopic (exact) mass is 279 g/mol. The average molecular weight is 279 g/mol. The Morgan fingerprint density at radius 3 is 2.50 bits per heavy atom. The highest BCUT2D eigenvalue weighted by Crippen LogP contribution is 2.31. The zero-order chi connectivity index (χ0) is 14.8. The molecule has 0 saturated carbocycles. The van der Waals surface area contributed by atoms with E-state index in [1.807, 2.05) is 0 Å². The van der Waals surface area contributed by atoms with Crippen LogP contribution in [0.4, 0.5) is 18.9 Å². The molecular formula is C15H12F3NO. The van der Waals surface area contributed by atoms with Gasteiger partial charge in [0.05, 0.1) is 11.3 Å². The normalized spacial score (nSPS) is 12.0. The van der Waals surface area contributed by atoms with Crippen LogP contribution in [0, 0.1) is 6.92 Å². The SMILES string of the molecule is Cc1cccc(C=Nc2cccc(C(F)(F)F)c2)c1O. The van der Waals surface area contributed by atoms with Crippen molar-refractivity contribution >= 4 is 11.9 Å². The van der Waals surface area contributed by atoms with Gasteiger partial charge in [0, 0.05) is 11.8 Å². The number of aliphatic imine (C=N–C) groups is 1. The van der Waals surface area contributed by atoms with E-state index in [0.29, 0.717) is 11.1 Å². The molecule has 2 nitrogen and oxygen atoms in total. The maximum absolute atomic E-state index is 12.6. The summed E-state index contributed by atoms with van der Waals surface area (Å²) in [5.74, 6) is 0.0724. The molecule has 0 bridgehead atoms. The van der Waals surface area contributed by atoms with E-state index < -0.39 is 11.7 Å². The van der Waals surface area contributed by atoms with Crippen LogP contribution < -0.4 is 0 Å². The van der Waals surface area contributed by atoms with Crippen LogP contribution in [0.25, 0.3) is 0 Å². The Balaban J connectivity index is 2.30. The summed E-state index contributed by atoms with van der Waals surface area (Å²) < 4.78 is 37.7. The summed E-state index contributed by atoms with van der Waals surface area (Å²) in [6, 6.07) is 9.83. The summed E-state index contributed by atoms with van der Waals surface area (Å²) in [6.45, 7) is 1.73. The molecule has 2 aromatic rings. The molecule has 0 atom stereocenters. The van der Waals surface area contributed by atoms with Crippen LogP contribution in [0.2, 0.25) is 0 Å². The average Bonchev–Trinajstić information content (AvgIpc) is 2.40. The highest BCUT2D eigenvalue weighted by Gasteiger charge is 2.30. The number of nitrogens with zero attached hydrogens (tertiary/aromatic N) is 1. The number of aryl methyl sites for hydroxylation is 1. The van der Waals surface area contributed by atoms with Crippen molar-refractivity contribution in [2.75, 3.05) is 0 Å². The van der Waals surface area contributed by atoms with E-state index in [2.05, 4.69) is 4.99 Å². The third-order valence-electron chi connectivity index (χ3n) is 2.80. The fourth-order valence-corrected chi connectivity index (χ4v) is 1.69. The first-order chi connectivity index (χ1) is 9.38. The van der Waals surface area contributed by atoms with E-state index in [1.54, 1.807) is 25.1 Å². The number of hydrogen-bond acceptors (Lipinski definition) is 2. The number of phenols is 1. The third kappa shape index (κ3) is 3.17. The van der Waals surface area contributed by atoms with Crippen molar-refractivity contribution in [1.82, 2.24) is 0 Å². The van der Waals surface area contributed by atoms with Crippen LogP contribution in [0.3, 0.4) is 0 Å². The number of benzene rings is 2. The number of para-hydroxylation sites is 1. The van der Waals surface area contributed by atoms with Gasteiger partial charge < -0.3 is 5.11 Å². The number of phenolic OH excluding ortho intramolecular Hbond substituents is 1. The minimum absolute atomic E-state index is 0.0724. The predicted octanol–water partition coefficient (Wildman–Crippen LogP) is 4.47. The van der Waals surface area contributed by atoms with Gasteiger partial charge in [-0.2, -0.15) is 13.2 Å². The third-order valence-corrected chi connectivity index (χ3v) is 2.80. The lowest BCUT2D eigenvalue weighted by molar-refractivity contribution is -0.137. The van der Waals surface area contributed by atoms with Crippen LogP contribution in [0.5, 0.6) is 5.75 Å². The van der Waals surface area contributed by atoms with Crippen molar-refractivity contribution < 1.29 is 18.3 Å². The van der Waals surface area contributed by atoms with Crippen LogP contribution in [-0.4, -0.2) is 11.3 Å². The molecule has 0 aliphatic rings. The van der Waals surface area contributed by atoms with Crippen LogP contribution in [-0.2, 0) is 6.18 Å². The van der Waals surface area contributed by atoms with Gasteiger partial charge >= 0.3 is 6.18 Å². The van der Waals surface area contributed by atoms with Crippen molar-refractivity contribution in [2.45, 2.75) is 13.1 Å². The summed E-state index contributed by atoms with van der Waals surface area (Å²) in [5, 5.41) is 9.79. The Morgan fingerprint density at radius 2 is 1.80 bits per heavy atom. The molecule has 0 heterocycles. The fraction of sp³-hybridized carbons (Fsp3) is 0.133. The molecule has 0 aliphatic heterocycles. The number of aromatic hydroxyl groups is 1. The second kappa shape index (κ2) is 5.36. The first-order valence-electron chi connectivity index (χ1n) is 5.88. The van der Waals surface area contributed by atoms with E-state index >= 15 is 0 Å². The minimum Gasteiger partial charge on any atom is -0.507 e. The molecule has 0 spiro atoms. The van der Waals surface area contributed by atoms with Crippen LogP contribution in [0.1, 0.15) is 16.7 Å². The molecule has 20 heavy (non-hydrogen) atoms. The number of hydrogen-bond donors (Lipinski definition) is 1. The molecule has 0 unspecified atom stereocenters. The zero-order valence-electron chi connectivity index (χ0n) is 10.6. The van der Waals surface area contributed by atoms with E-state index in [1.165, 1.54) is 18.3 Å². The Bertz CT molecular complexity index is 648. The Hall–Kier alpha value is -2.30. The Kier molecular flexibility index (Phi) is 3.79. The molecule has 0 aromatic heterocycles. The lowest BCUT2D eigenvalue weighted by Crippen LogP contribution is -2.03. The Morgan fingerprint density at radius 1 is 1.10 bits per heavy atom. The van der Waals surface area contributed by atoms with Gasteiger partial charge in [-0.3, -0.25) is 4.99 Å². The summed E-state index contributed by atoms with van der Waals surface area (Å²) in [6.07, 6.45) is -3.05. The second-order valence-corrected chi connectivity index (χ2v) is 4.32. The molecule has 0 radical (unpaired) electrons. The molecule has 0 amide bonds. The lowest BCUT2D eigenvalue weighted by atomic mass is 10.1. The van der Waals surface area contributed by atoms with Crippen molar-refractivity contribution in [2.24, 2.45) is 4.99 Å². The standard InChI is InChI=1S/C15H12F3NO/c1-10-4-2-5-11(14(10)20)9-19-13-7-3-6-12(8-13)15(16,17)18/h2-9,20H,1H3. The first kappa shape index (κ1) is 14.1. The van der Waals surface area contributed by atoms with Crippen molar-refractivity contribution in [3.63, 3.8) is 0 Å². The number of alkyl halides is 3. The summed E-state index contributed by atoms with van der Waals surface area (Å²) in [4.78, 5) is 3.97. The molecule has 104 valence electrons. The maximum atomic E-state index is 12.6. The van der Waals surface area contributed by atoms with Gasteiger partial charge in [-0.1, -0.05) is 18.2 Å². The molecule has 2 aromatic carbocycles. The van der Waals surface area contributed by atoms with Crippen molar-refractivity contribution in [3.05, 3.63) is 59.2 Å². The molecule has 0 fully saturated rings. The maximum Gasteiger partial charge on any atom is 0.416 e. The van der Waals surface area contributed by atoms with Crippen LogP contribution >= 0.6 is 0 Å². The van der Waals surface area contributed by atoms with Gasteiger partial charge in [0.2, 0.25) is 0 Å². The minimum atomic E-state index is -4.39. The largest absolute Gasteiger partial charge is 0.507 e. The van der Waals surface area contributed by atoms with E-state index in [-0.39, 0.29) is 11.4 Å². The van der Waals surface area contributed by atoms with Gasteiger partial charge in [-0.15, -0.1) is 0 Å². The highest BCUT2D eigenvalue weighted by molar-refractivity contribution is 5.85. The van der Waals surface area contributed by atoms with Crippen LogP contribution in [0.15, 0.2) is 47.5 Å². The second-order valence-electron chi connectivity index (χ2n) is 4.32. The predicted molar refractivity (Wildman–Crippen MR) is 71.5 cm³/mol. The lowest BCUT2D eigenvalue weighted by Gasteiger charge is -2.06. The molecule has 5 heteroatoms. The van der Waals surface area contributed by atoms with Gasteiger partial charge in [0.25, 0.3) is 0 Å². The van der Waals surface area contributed by atoms with Gasteiger partial charge in [-0.25, -0.2) is 0 Å². The van der Waals surface area contributed by atoms with Gasteiger partial charge in [-0.05, 0) is 36.8 Å². The first-order valence-corrected chi connectivity index (χ1v) is 5.88. The number of rotatable bonds is 2. The summed E-state index contributed by atoms with van der Waals surface area (Å²) in [5.41, 5.74) is 0.571. The number of halogens is 3. The van der Waals surface area contributed by atoms with Gasteiger partial charge in [0.1, 0.15) is 5.75 Å². The fourth-order valence-electron chi connectivity index (χ4n) is 1.69. The summed E-state index contributed by atoms with van der Waals surface area (Å²) in [7, 11) is 0. The molecule has 1 N–H and O–H groups in total. The quantitative estimate of drug-likeness (QED) is 0.808. The Labute approximate surface area is 114 Å². The summed E-state index contributed by atoms with van der Waals surface area (Å²) >= 11 is 0. The molecule has 0 aliphatic carbocycles. The molecular weight excluding hydrogens is 267 g/mol. The van der Waals surface area contributed by atoms with E-state index in [4.69, 9.17) is 0 Å². The molecule has 0 saturated heterocycles. The van der Waals surface area contributed by atoms with Crippen molar-refractivity contribution in [1.29, 1.82) is 0 Å². The van der Waals surface area contributed by atoms with Gasteiger partial charge in [0.15, 0.2) is 0 Å². The molecule has 2 rings (SSSR count). The topological polar surface area (TPSA) is 32.6 Å². The smallest absolute Gasteiger partial charge is 0.416 e. The zero-order valence-corrected chi connectivity index (χ0v) is 10.6. The van der Waals surface area contributed by atoms with Crippen molar-refractivity contribution in [3.8, 4) is 5.75 Å². The highest BCUT2D eigenvalue weighted by atomic mass is 19.4. The van der Waals surface area contributed by atoms with E-state index in [9.17, 15) is 18.3 Å². The van der Waals surface area contributed by atoms with E-state index in [0.717, 1.165) is 12.1 Å².